The summed E-state index contributed by atoms with van der Waals surface area (Å²) < 4.78 is 7.14. The molecule has 1 saturated heterocycles. The topological polar surface area (TPSA) is 80.0 Å². The van der Waals surface area contributed by atoms with Crippen molar-refractivity contribution in [2.45, 2.75) is 12.8 Å². The molecule has 1 unspecified atom stereocenters. The van der Waals surface area contributed by atoms with Gasteiger partial charge in [0.05, 0.1) is 11.5 Å². The number of carbonyl (C=O) groups is 2. The van der Waals surface area contributed by atoms with Gasteiger partial charge in [-0.1, -0.05) is 6.07 Å². The van der Waals surface area contributed by atoms with Crippen molar-refractivity contribution in [2.24, 2.45) is 11.8 Å². The van der Waals surface area contributed by atoms with E-state index in [9.17, 15) is 14.7 Å². The summed E-state index contributed by atoms with van der Waals surface area (Å²) in [4.78, 5) is 23.8. The van der Waals surface area contributed by atoms with Crippen molar-refractivity contribution in [3.63, 3.8) is 0 Å². The standard InChI is InChI=1S/C17H20N2O4/c20-16(13-9-14-3-1-2-6-19(14)11-13)18-10-15(17(21)22)12-4-7-23-8-5-12/h1-3,6,9,11-12,15H,4-5,7-8,10H2,(H,18,20)(H,21,22). The first-order valence-corrected chi connectivity index (χ1v) is 7.80. The van der Waals surface area contributed by atoms with Gasteiger partial charge in [0.2, 0.25) is 0 Å². The highest BCUT2D eigenvalue weighted by atomic mass is 16.5. The lowest BCUT2D eigenvalue weighted by molar-refractivity contribution is -0.144. The Balaban J connectivity index is 1.65. The minimum atomic E-state index is -0.862. The molecule has 1 aliphatic heterocycles. The highest BCUT2D eigenvalue weighted by Gasteiger charge is 2.30. The SMILES string of the molecule is O=C(NCC(C(=O)O)C1CCOCC1)c1cc2ccccn2c1. The van der Waals surface area contributed by atoms with E-state index in [0.29, 0.717) is 18.8 Å². The van der Waals surface area contributed by atoms with Crippen LogP contribution in [0.5, 0.6) is 0 Å². The van der Waals surface area contributed by atoms with Crippen LogP contribution in [0.4, 0.5) is 0 Å². The summed E-state index contributed by atoms with van der Waals surface area (Å²) in [6.45, 7) is 1.32. The molecule has 0 bridgehead atoms. The molecule has 0 saturated carbocycles. The predicted octanol–water partition coefficient (Wildman–Crippen LogP) is 1.80. The molecule has 122 valence electrons. The minimum Gasteiger partial charge on any atom is -0.481 e. The largest absolute Gasteiger partial charge is 0.481 e. The third-order valence-electron chi connectivity index (χ3n) is 4.40. The van der Waals surface area contributed by atoms with Crippen LogP contribution in [-0.4, -0.2) is 41.1 Å². The van der Waals surface area contributed by atoms with E-state index in [1.165, 1.54) is 0 Å². The number of nitrogens with one attached hydrogen (secondary N) is 1. The molecular weight excluding hydrogens is 296 g/mol. The van der Waals surface area contributed by atoms with Gasteiger partial charge in [0.1, 0.15) is 0 Å². The first kappa shape index (κ1) is 15.6. The Labute approximate surface area is 134 Å². The van der Waals surface area contributed by atoms with Crippen LogP contribution in [0.15, 0.2) is 36.7 Å². The summed E-state index contributed by atoms with van der Waals surface area (Å²) in [6.07, 6.45) is 5.06. The maximum absolute atomic E-state index is 12.3. The molecule has 0 radical (unpaired) electrons. The van der Waals surface area contributed by atoms with Crippen molar-refractivity contribution in [1.29, 1.82) is 0 Å². The number of carbonyl (C=O) groups excluding carboxylic acids is 1. The Morgan fingerprint density at radius 2 is 2.13 bits per heavy atom. The summed E-state index contributed by atoms with van der Waals surface area (Å²) in [6, 6.07) is 7.50. The second-order valence-corrected chi connectivity index (χ2v) is 5.87. The van der Waals surface area contributed by atoms with Crippen molar-refractivity contribution >= 4 is 17.4 Å². The van der Waals surface area contributed by atoms with Crippen LogP contribution in [-0.2, 0) is 9.53 Å². The normalized spacial score (nSPS) is 17.0. The quantitative estimate of drug-likeness (QED) is 0.881. The molecule has 2 N–H and O–H groups in total. The van der Waals surface area contributed by atoms with Crippen molar-refractivity contribution in [2.75, 3.05) is 19.8 Å². The van der Waals surface area contributed by atoms with Crippen LogP contribution in [0.2, 0.25) is 0 Å². The highest BCUT2D eigenvalue weighted by Crippen LogP contribution is 2.24. The van der Waals surface area contributed by atoms with E-state index in [2.05, 4.69) is 5.32 Å². The molecule has 0 aliphatic carbocycles. The molecule has 23 heavy (non-hydrogen) atoms. The molecule has 0 spiro atoms. The van der Waals surface area contributed by atoms with Gasteiger partial charge in [-0.2, -0.15) is 0 Å². The van der Waals surface area contributed by atoms with Crippen LogP contribution in [0, 0.1) is 11.8 Å². The molecule has 3 rings (SSSR count). The highest BCUT2D eigenvalue weighted by molar-refractivity contribution is 5.95. The zero-order chi connectivity index (χ0) is 16.2. The van der Waals surface area contributed by atoms with E-state index in [-0.39, 0.29) is 18.4 Å². The molecule has 1 aliphatic rings. The van der Waals surface area contributed by atoms with Gasteiger partial charge in [-0.25, -0.2) is 0 Å². The number of rotatable bonds is 5. The first-order chi connectivity index (χ1) is 11.1. The van der Waals surface area contributed by atoms with E-state index in [4.69, 9.17) is 4.74 Å². The summed E-state index contributed by atoms with van der Waals surface area (Å²) in [5, 5.41) is 12.2. The Morgan fingerprint density at radius 1 is 1.35 bits per heavy atom. The number of ether oxygens (including phenoxy) is 1. The second kappa shape index (κ2) is 6.83. The van der Waals surface area contributed by atoms with Crippen LogP contribution >= 0.6 is 0 Å². The van der Waals surface area contributed by atoms with Crippen molar-refractivity contribution in [1.82, 2.24) is 9.72 Å². The zero-order valence-electron chi connectivity index (χ0n) is 12.8. The summed E-state index contributed by atoms with van der Waals surface area (Å²) in [5.74, 6) is -1.62. The van der Waals surface area contributed by atoms with E-state index >= 15 is 0 Å². The lowest BCUT2D eigenvalue weighted by Crippen LogP contribution is -2.38. The smallest absolute Gasteiger partial charge is 0.308 e. The van der Waals surface area contributed by atoms with Gasteiger partial charge in [-0.3, -0.25) is 9.59 Å². The summed E-state index contributed by atoms with van der Waals surface area (Å²) >= 11 is 0. The van der Waals surface area contributed by atoms with Crippen LogP contribution < -0.4 is 5.32 Å². The lowest BCUT2D eigenvalue weighted by atomic mass is 9.86. The number of fused-ring (bicyclic) bond motifs is 1. The molecule has 1 fully saturated rings. The Hall–Kier alpha value is -2.34. The van der Waals surface area contributed by atoms with Crippen molar-refractivity contribution < 1.29 is 19.4 Å². The fourth-order valence-corrected chi connectivity index (χ4v) is 3.06. The molecule has 3 heterocycles. The van der Waals surface area contributed by atoms with Gasteiger partial charge in [0, 0.05) is 37.7 Å². The number of pyridine rings is 1. The van der Waals surface area contributed by atoms with Crippen molar-refractivity contribution in [3.8, 4) is 0 Å². The van der Waals surface area contributed by atoms with Crippen LogP contribution in [0.1, 0.15) is 23.2 Å². The summed E-state index contributed by atoms with van der Waals surface area (Å²) in [7, 11) is 0. The number of nitrogens with zero attached hydrogens (tertiary/aromatic N) is 1. The number of hydrogen-bond donors (Lipinski definition) is 2. The Kier molecular flexibility index (Phi) is 4.62. The monoisotopic (exact) mass is 316 g/mol. The van der Waals surface area contributed by atoms with Gasteiger partial charge < -0.3 is 19.6 Å². The third kappa shape index (κ3) is 3.53. The van der Waals surface area contributed by atoms with Gasteiger partial charge >= 0.3 is 5.97 Å². The fraction of sp³-hybridized carbons (Fsp3) is 0.412. The summed E-state index contributed by atoms with van der Waals surface area (Å²) in [5.41, 5.74) is 1.46. The van der Waals surface area contributed by atoms with Gasteiger partial charge in [0.25, 0.3) is 5.91 Å². The number of carboxylic acid groups (broad SMARTS) is 1. The number of carboxylic acids is 1. The first-order valence-electron chi connectivity index (χ1n) is 7.80. The number of amides is 1. The Bertz CT molecular complexity index is 670. The van der Waals surface area contributed by atoms with Gasteiger partial charge in [-0.05, 0) is 37.0 Å². The molecule has 1 atom stereocenters. The molecule has 1 amide bonds. The molecule has 6 nitrogen and oxygen atoms in total. The Morgan fingerprint density at radius 3 is 2.83 bits per heavy atom. The predicted molar refractivity (Wildman–Crippen MR) is 84.4 cm³/mol. The van der Waals surface area contributed by atoms with Crippen LogP contribution in [0.3, 0.4) is 0 Å². The van der Waals surface area contributed by atoms with E-state index in [1.54, 1.807) is 12.3 Å². The molecule has 6 heteroatoms. The fourth-order valence-electron chi connectivity index (χ4n) is 3.06. The number of hydrogen-bond acceptors (Lipinski definition) is 3. The van der Waals surface area contributed by atoms with E-state index in [1.807, 2.05) is 28.8 Å². The lowest BCUT2D eigenvalue weighted by Gasteiger charge is -2.27. The van der Waals surface area contributed by atoms with Crippen LogP contribution in [0.25, 0.3) is 5.52 Å². The van der Waals surface area contributed by atoms with E-state index < -0.39 is 11.9 Å². The van der Waals surface area contributed by atoms with Gasteiger partial charge in [-0.15, -0.1) is 0 Å². The maximum Gasteiger partial charge on any atom is 0.308 e. The average Bonchev–Trinajstić information content (AvgIpc) is 2.99. The molecule has 2 aromatic heterocycles. The molecule has 2 aromatic rings. The average molecular weight is 316 g/mol. The van der Waals surface area contributed by atoms with Gasteiger partial charge in [0.15, 0.2) is 0 Å². The second-order valence-electron chi connectivity index (χ2n) is 5.87. The minimum absolute atomic E-state index is 0.0506. The molecular formula is C17H20N2O4. The maximum atomic E-state index is 12.3. The number of aliphatic carboxylic acids is 1. The zero-order valence-corrected chi connectivity index (χ0v) is 12.8. The number of aromatic nitrogens is 1. The van der Waals surface area contributed by atoms with E-state index in [0.717, 1.165) is 18.4 Å². The molecule has 0 aromatic carbocycles. The third-order valence-corrected chi connectivity index (χ3v) is 4.40. The van der Waals surface area contributed by atoms with Crippen molar-refractivity contribution in [3.05, 3.63) is 42.2 Å².